The van der Waals surface area contributed by atoms with Gasteiger partial charge < -0.3 is 9.64 Å². The molecular formula is C30H26N2O4. The van der Waals surface area contributed by atoms with Crippen molar-refractivity contribution >= 4 is 34.2 Å². The van der Waals surface area contributed by atoms with Gasteiger partial charge in [-0.25, -0.2) is 0 Å². The largest absolute Gasteiger partial charge is 0.497 e. The molecule has 0 N–H and O–H groups in total. The van der Waals surface area contributed by atoms with Gasteiger partial charge >= 0.3 is 0 Å². The van der Waals surface area contributed by atoms with Gasteiger partial charge in [-0.2, -0.15) is 0 Å². The van der Waals surface area contributed by atoms with Crippen molar-refractivity contribution in [1.29, 1.82) is 0 Å². The Labute approximate surface area is 209 Å². The zero-order valence-electron chi connectivity index (χ0n) is 20.2. The van der Waals surface area contributed by atoms with E-state index >= 15 is 0 Å². The molecular weight excluding hydrogens is 452 g/mol. The van der Waals surface area contributed by atoms with Crippen molar-refractivity contribution in [2.75, 3.05) is 25.1 Å². The predicted octanol–water partition coefficient (Wildman–Crippen LogP) is 5.49. The molecule has 0 saturated carbocycles. The van der Waals surface area contributed by atoms with Gasteiger partial charge in [0.2, 0.25) is 0 Å². The summed E-state index contributed by atoms with van der Waals surface area (Å²) in [7, 11) is 1.58. The first-order valence-electron chi connectivity index (χ1n) is 11.9. The Bertz CT molecular complexity index is 1430. The van der Waals surface area contributed by atoms with Crippen molar-refractivity contribution in [3.05, 3.63) is 107 Å². The van der Waals surface area contributed by atoms with Gasteiger partial charge in [-0.3, -0.25) is 19.3 Å². The van der Waals surface area contributed by atoms with Crippen LogP contribution >= 0.6 is 0 Å². The number of carbonyl (C=O) groups is 3. The van der Waals surface area contributed by atoms with E-state index in [1.54, 1.807) is 48.4 Å². The highest BCUT2D eigenvalue weighted by Crippen LogP contribution is 2.30. The normalized spacial score (nSPS) is 12.7. The highest BCUT2D eigenvalue weighted by molar-refractivity contribution is 6.25. The number of methoxy groups -OCH3 is 1. The molecule has 4 aromatic rings. The van der Waals surface area contributed by atoms with Crippen LogP contribution in [0.4, 0.5) is 5.69 Å². The van der Waals surface area contributed by atoms with Crippen molar-refractivity contribution < 1.29 is 19.1 Å². The fraction of sp³-hybridized carbons (Fsp3) is 0.167. The molecule has 3 amide bonds. The quantitative estimate of drug-likeness (QED) is 0.330. The topological polar surface area (TPSA) is 66.9 Å². The van der Waals surface area contributed by atoms with E-state index in [1.807, 2.05) is 55.5 Å². The molecule has 0 radical (unpaired) electrons. The van der Waals surface area contributed by atoms with Crippen molar-refractivity contribution in [3.63, 3.8) is 0 Å². The summed E-state index contributed by atoms with van der Waals surface area (Å²) in [4.78, 5) is 43.0. The average molecular weight is 479 g/mol. The molecule has 0 atom stereocenters. The van der Waals surface area contributed by atoms with Gasteiger partial charge in [0.1, 0.15) is 5.75 Å². The second kappa shape index (κ2) is 9.66. The lowest BCUT2D eigenvalue weighted by atomic mass is 9.94. The van der Waals surface area contributed by atoms with Crippen LogP contribution in [0.15, 0.2) is 84.9 Å². The third-order valence-corrected chi connectivity index (χ3v) is 6.51. The first kappa shape index (κ1) is 23.3. The van der Waals surface area contributed by atoms with E-state index in [-0.39, 0.29) is 24.3 Å². The summed E-state index contributed by atoms with van der Waals surface area (Å²) < 4.78 is 5.21. The highest BCUT2D eigenvalue weighted by atomic mass is 16.5. The van der Waals surface area contributed by atoms with Gasteiger partial charge in [0.05, 0.1) is 7.11 Å². The van der Waals surface area contributed by atoms with Crippen LogP contribution in [0, 0.1) is 6.92 Å². The fourth-order valence-electron chi connectivity index (χ4n) is 4.70. The van der Waals surface area contributed by atoms with Crippen LogP contribution in [0.25, 0.3) is 10.8 Å². The Balaban J connectivity index is 1.38. The van der Waals surface area contributed by atoms with E-state index in [0.29, 0.717) is 40.8 Å². The van der Waals surface area contributed by atoms with Crippen LogP contribution in [0.3, 0.4) is 0 Å². The summed E-state index contributed by atoms with van der Waals surface area (Å²) in [6.07, 6.45) is 0.436. The summed E-state index contributed by atoms with van der Waals surface area (Å²) in [5.41, 5.74) is 3.40. The molecule has 0 aromatic heterocycles. The maximum absolute atomic E-state index is 13.5. The number of imide groups is 1. The van der Waals surface area contributed by atoms with Gasteiger partial charge in [-0.15, -0.1) is 0 Å². The Morgan fingerprint density at radius 2 is 1.50 bits per heavy atom. The number of amides is 3. The number of ether oxygens (including phenoxy) is 1. The number of benzene rings is 4. The van der Waals surface area contributed by atoms with Crippen LogP contribution in [-0.4, -0.2) is 42.8 Å². The Morgan fingerprint density at radius 3 is 2.11 bits per heavy atom. The standard InChI is InChI=1S/C30H26N2O4/c1-20-7-3-10-23(19-20)31(28(33)22-13-15-24(36-2)16-14-22)17-6-18-32-29(34)25-11-4-8-21-9-5-12-26(27(21)25)30(32)35/h3-5,7-16,19H,6,17-18H2,1-2H3. The molecule has 0 bridgehead atoms. The van der Waals surface area contributed by atoms with Crippen LogP contribution in [0.2, 0.25) is 0 Å². The molecule has 0 fully saturated rings. The Morgan fingerprint density at radius 1 is 0.861 bits per heavy atom. The number of nitrogens with zero attached hydrogens (tertiary/aromatic N) is 2. The number of aryl methyl sites for hydroxylation is 1. The molecule has 6 heteroatoms. The monoisotopic (exact) mass is 478 g/mol. The maximum Gasteiger partial charge on any atom is 0.261 e. The lowest BCUT2D eigenvalue weighted by Crippen LogP contribution is -2.42. The lowest BCUT2D eigenvalue weighted by Gasteiger charge is -2.29. The minimum Gasteiger partial charge on any atom is -0.497 e. The number of hydrogen-bond acceptors (Lipinski definition) is 4. The van der Waals surface area contributed by atoms with E-state index in [9.17, 15) is 14.4 Å². The van der Waals surface area contributed by atoms with Gasteiger partial charge in [-0.1, -0.05) is 36.4 Å². The third-order valence-electron chi connectivity index (χ3n) is 6.51. The first-order valence-corrected chi connectivity index (χ1v) is 11.9. The van der Waals surface area contributed by atoms with Gasteiger partial charge in [0, 0.05) is 40.9 Å². The molecule has 1 heterocycles. The van der Waals surface area contributed by atoms with Crippen LogP contribution in [-0.2, 0) is 0 Å². The average Bonchev–Trinajstić information content (AvgIpc) is 2.91. The van der Waals surface area contributed by atoms with E-state index in [4.69, 9.17) is 4.74 Å². The zero-order valence-corrected chi connectivity index (χ0v) is 20.2. The van der Waals surface area contributed by atoms with E-state index < -0.39 is 0 Å². The molecule has 0 saturated heterocycles. The molecule has 1 aliphatic rings. The summed E-state index contributed by atoms with van der Waals surface area (Å²) >= 11 is 0. The summed E-state index contributed by atoms with van der Waals surface area (Å²) in [5.74, 6) is -0.0819. The molecule has 6 nitrogen and oxygen atoms in total. The second-order valence-electron chi connectivity index (χ2n) is 8.85. The van der Waals surface area contributed by atoms with Crippen molar-refractivity contribution in [2.24, 2.45) is 0 Å². The molecule has 36 heavy (non-hydrogen) atoms. The predicted molar refractivity (Wildman–Crippen MR) is 140 cm³/mol. The minimum absolute atomic E-state index is 0.158. The van der Waals surface area contributed by atoms with E-state index in [2.05, 4.69) is 0 Å². The molecule has 180 valence electrons. The Hall–Kier alpha value is -4.45. The zero-order chi connectivity index (χ0) is 25.2. The van der Waals surface area contributed by atoms with Gasteiger partial charge in [-0.05, 0) is 72.8 Å². The lowest BCUT2D eigenvalue weighted by molar-refractivity contribution is 0.0610. The minimum atomic E-state index is -0.298. The molecule has 5 rings (SSSR count). The maximum atomic E-state index is 13.5. The van der Waals surface area contributed by atoms with Crippen molar-refractivity contribution in [2.45, 2.75) is 13.3 Å². The molecule has 0 spiro atoms. The molecule has 4 aromatic carbocycles. The molecule has 0 aliphatic carbocycles. The van der Waals surface area contributed by atoms with Crippen LogP contribution < -0.4 is 9.64 Å². The van der Waals surface area contributed by atoms with Crippen LogP contribution in [0.5, 0.6) is 5.75 Å². The number of rotatable bonds is 7. The van der Waals surface area contributed by atoms with Crippen molar-refractivity contribution in [3.8, 4) is 5.75 Å². The molecule has 1 aliphatic heterocycles. The number of carbonyl (C=O) groups excluding carboxylic acids is 3. The summed E-state index contributed by atoms with van der Waals surface area (Å²) in [6.45, 7) is 2.53. The second-order valence-corrected chi connectivity index (χ2v) is 8.85. The van der Waals surface area contributed by atoms with E-state index in [1.165, 1.54) is 4.90 Å². The molecule has 0 unspecified atom stereocenters. The van der Waals surface area contributed by atoms with Crippen molar-refractivity contribution in [1.82, 2.24) is 4.90 Å². The highest BCUT2D eigenvalue weighted by Gasteiger charge is 2.32. The van der Waals surface area contributed by atoms with Crippen LogP contribution in [0.1, 0.15) is 43.1 Å². The van der Waals surface area contributed by atoms with Gasteiger partial charge in [0.25, 0.3) is 17.7 Å². The smallest absolute Gasteiger partial charge is 0.261 e. The number of hydrogen-bond donors (Lipinski definition) is 0. The fourth-order valence-corrected chi connectivity index (χ4v) is 4.70. The Kier molecular flexibility index (Phi) is 6.25. The third kappa shape index (κ3) is 4.22. The first-order chi connectivity index (χ1) is 17.5. The SMILES string of the molecule is COc1ccc(C(=O)N(CCCN2C(=O)c3cccc4cccc(c34)C2=O)c2cccc(C)c2)cc1. The summed E-state index contributed by atoms with van der Waals surface area (Å²) in [6, 6.07) is 25.7. The van der Waals surface area contributed by atoms with E-state index in [0.717, 1.165) is 16.6 Å². The van der Waals surface area contributed by atoms with Gasteiger partial charge in [0.15, 0.2) is 0 Å². The summed E-state index contributed by atoms with van der Waals surface area (Å²) in [5, 5.41) is 1.59. The number of anilines is 1.